The Balaban J connectivity index is 1.32. The SMILES string of the molecule is O=C(c1cc(C(F)(F)F)cc(C(F)(F)F)c1)N(CCN1CCC(N(C2CC2)S(=O)(=O)c2cccc(C(F)(F)F)c2)CC1)c1ccccc1. The summed E-state index contributed by atoms with van der Waals surface area (Å²) in [6, 6.07) is 11.2. The average Bonchev–Trinajstić information content (AvgIpc) is 3.86. The van der Waals surface area contributed by atoms with Crippen LogP contribution in [0.2, 0.25) is 0 Å². The number of rotatable bonds is 9. The molecule has 0 spiro atoms. The van der Waals surface area contributed by atoms with E-state index in [4.69, 9.17) is 0 Å². The van der Waals surface area contributed by atoms with Gasteiger partial charge in [0.05, 0.1) is 21.6 Å². The van der Waals surface area contributed by atoms with Crippen LogP contribution in [0.25, 0.3) is 0 Å². The number of para-hydroxylation sites is 1. The molecule has 3 aromatic rings. The molecule has 260 valence electrons. The highest BCUT2D eigenvalue weighted by Gasteiger charge is 2.44. The molecule has 1 heterocycles. The van der Waals surface area contributed by atoms with Gasteiger partial charge in [0, 0.05) is 36.4 Å². The number of benzene rings is 3. The predicted molar refractivity (Wildman–Crippen MR) is 158 cm³/mol. The minimum absolute atomic E-state index is 0.0497. The van der Waals surface area contributed by atoms with Crippen LogP contribution in [0.5, 0.6) is 0 Å². The fraction of sp³-hybridized carbons (Fsp3) is 0.406. The van der Waals surface area contributed by atoms with Gasteiger partial charge in [0.15, 0.2) is 0 Å². The third-order valence-corrected chi connectivity index (χ3v) is 10.3. The van der Waals surface area contributed by atoms with Crippen molar-refractivity contribution in [2.24, 2.45) is 0 Å². The molecule has 1 amide bonds. The van der Waals surface area contributed by atoms with E-state index in [0.29, 0.717) is 57.0 Å². The molecule has 1 saturated heterocycles. The van der Waals surface area contributed by atoms with Crippen molar-refractivity contribution in [1.82, 2.24) is 9.21 Å². The van der Waals surface area contributed by atoms with Crippen molar-refractivity contribution in [1.29, 1.82) is 0 Å². The van der Waals surface area contributed by atoms with Crippen LogP contribution in [-0.4, -0.2) is 61.8 Å². The summed E-state index contributed by atoms with van der Waals surface area (Å²) < 4.78 is 149. The summed E-state index contributed by atoms with van der Waals surface area (Å²) in [6.07, 6.45) is -13.2. The van der Waals surface area contributed by atoms with Gasteiger partial charge in [-0.1, -0.05) is 24.3 Å². The van der Waals surface area contributed by atoms with Crippen molar-refractivity contribution in [2.75, 3.05) is 31.1 Å². The van der Waals surface area contributed by atoms with E-state index in [1.54, 1.807) is 18.2 Å². The number of nitrogens with zero attached hydrogens (tertiary/aromatic N) is 3. The second-order valence-electron chi connectivity index (χ2n) is 11.8. The summed E-state index contributed by atoms with van der Waals surface area (Å²) in [5, 5.41) is 0. The van der Waals surface area contributed by atoms with E-state index in [1.807, 2.05) is 4.90 Å². The van der Waals surface area contributed by atoms with Crippen LogP contribution in [0.4, 0.5) is 45.2 Å². The fourth-order valence-corrected chi connectivity index (χ4v) is 7.78. The molecule has 6 nitrogen and oxygen atoms in total. The lowest BCUT2D eigenvalue weighted by Gasteiger charge is -2.38. The molecule has 16 heteroatoms. The van der Waals surface area contributed by atoms with E-state index in [-0.39, 0.29) is 30.9 Å². The highest BCUT2D eigenvalue weighted by molar-refractivity contribution is 7.89. The molecule has 5 rings (SSSR count). The highest BCUT2D eigenvalue weighted by Crippen LogP contribution is 2.39. The van der Waals surface area contributed by atoms with Gasteiger partial charge in [-0.2, -0.15) is 43.8 Å². The Morgan fingerprint density at radius 3 is 1.75 bits per heavy atom. The number of amides is 1. The lowest BCUT2D eigenvalue weighted by Crippen LogP contribution is -2.49. The van der Waals surface area contributed by atoms with Gasteiger partial charge >= 0.3 is 18.5 Å². The zero-order chi connectivity index (χ0) is 35.1. The van der Waals surface area contributed by atoms with Gasteiger partial charge in [0.2, 0.25) is 10.0 Å². The van der Waals surface area contributed by atoms with Crippen molar-refractivity contribution < 1.29 is 52.7 Å². The first-order valence-electron chi connectivity index (χ1n) is 15.0. The van der Waals surface area contributed by atoms with E-state index >= 15 is 0 Å². The van der Waals surface area contributed by atoms with Crippen LogP contribution in [-0.2, 0) is 28.6 Å². The van der Waals surface area contributed by atoms with Gasteiger partial charge in [0.1, 0.15) is 0 Å². The van der Waals surface area contributed by atoms with Gasteiger partial charge < -0.3 is 9.80 Å². The lowest BCUT2D eigenvalue weighted by atomic mass is 10.0. The van der Waals surface area contributed by atoms with Gasteiger partial charge in [-0.05, 0) is 87.3 Å². The number of anilines is 1. The first-order chi connectivity index (χ1) is 22.4. The summed E-state index contributed by atoms with van der Waals surface area (Å²) in [5.41, 5.74) is -4.85. The fourth-order valence-electron chi connectivity index (χ4n) is 5.80. The number of carbonyl (C=O) groups is 1. The summed E-state index contributed by atoms with van der Waals surface area (Å²) in [5.74, 6) is -1.07. The van der Waals surface area contributed by atoms with E-state index in [0.717, 1.165) is 23.1 Å². The molecule has 0 N–H and O–H groups in total. The summed E-state index contributed by atoms with van der Waals surface area (Å²) in [4.78, 5) is 16.1. The summed E-state index contributed by atoms with van der Waals surface area (Å²) in [6.45, 7) is 0.692. The van der Waals surface area contributed by atoms with Crippen molar-refractivity contribution in [3.05, 3.63) is 95.1 Å². The number of carbonyl (C=O) groups excluding carboxylic acids is 1. The van der Waals surface area contributed by atoms with E-state index in [1.165, 1.54) is 16.4 Å². The molecule has 1 saturated carbocycles. The van der Waals surface area contributed by atoms with Crippen LogP contribution in [0.1, 0.15) is 52.7 Å². The van der Waals surface area contributed by atoms with E-state index in [9.17, 15) is 52.7 Å². The number of halogens is 9. The maximum Gasteiger partial charge on any atom is 0.416 e. The molecular formula is C32H30F9N3O3S. The second kappa shape index (κ2) is 13.3. The molecule has 0 atom stereocenters. The molecule has 1 aliphatic carbocycles. The van der Waals surface area contributed by atoms with Gasteiger partial charge in [-0.15, -0.1) is 0 Å². The van der Waals surface area contributed by atoms with Gasteiger partial charge in [0.25, 0.3) is 5.91 Å². The van der Waals surface area contributed by atoms with Gasteiger partial charge in [-0.25, -0.2) is 8.42 Å². The molecule has 0 aromatic heterocycles. The zero-order valence-electron chi connectivity index (χ0n) is 25.1. The van der Waals surface area contributed by atoms with Crippen LogP contribution < -0.4 is 4.90 Å². The summed E-state index contributed by atoms with van der Waals surface area (Å²) >= 11 is 0. The Hall–Kier alpha value is -3.63. The van der Waals surface area contributed by atoms with Crippen LogP contribution >= 0.6 is 0 Å². The predicted octanol–water partition coefficient (Wildman–Crippen LogP) is 7.71. The topological polar surface area (TPSA) is 60.9 Å². The normalized spacial score (nSPS) is 17.1. The van der Waals surface area contributed by atoms with Crippen molar-refractivity contribution in [3.8, 4) is 0 Å². The molecule has 0 radical (unpaired) electrons. The van der Waals surface area contributed by atoms with Crippen molar-refractivity contribution in [3.63, 3.8) is 0 Å². The molecule has 0 bridgehead atoms. The molecule has 2 fully saturated rings. The van der Waals surface area contributed by atoms with Gasteiger partial charge in [-0.3, -0.25) is 4.79 Å². The average molecular weight is 708 g/mol. The standard InChI is InChI=1S/C32H30F9N3O3S/c33-30(34,35)22-5-4-8-28(20-22)48(46,47)44(26-9-10-26)27-11-13-42(14-12-27)15-16-43(25-6-2-1-3-7-25)29(45)21-17-23(31(36,37)38)19-24(18-21)32(39,40)41/h1-8,17-20,26-27H,9-16H2. The Labute approximate surface area is 270 Å². The number of alkyl halides is 9. The van der Waals surface area contributed by atoms with Crippen molar-refractivity contribution in [2.45, 2.75) is 61.2 Å². The number of hydrogen-bond acceptors (Lipinski definition) is 4. The molecule has 1 aliphatic heterocycles. The number of piperidine rings is 1. The largest absolute Gasteiger partial charge is 0.416 e. The zero-order valence-corrected chi connectivity index (χ0v) is 25.9. The Kier molecular flexibility index (Phi) is 9.92. The lowest BCUT2D eigenvalue weighted by molar-refractivity contribution is -0.143. The van der Waals surface area contributed by atoms with Crippen LogP contribution in [0.3, 0.4) is 0 Å². The molecule has 2 aliphatic rings. The quantitative estimate of drug-likeness (QED) is 0.214. The monoisotopic (exact) mass is 707 g/mol. The molecular weight excluding hydrogens is 677 g/mol. The van der Waals surface area contributed by atoms with Crippen LogP contribution in [0, 0.1) is 0 Å². The Morgan fingerprint density at radius 2 is 1.23 bits per heavy atom. The minimum atomic E-state index is -5.14. The maximum absolute atomic E-state index is 13.6. The maximum atomic E-state index is 13.6. The van der Waals surface area contributed by atoms with Crippen LogP contribution in [0.15, 0.2) is 77.7 Å². The van der Waals surface area contributed by atoms with E-state index in [2.05, 4.69) is 0 Å². The summed E-state index contributed by atoms with van der Waals surface area (Å²) in [7, 11) is -4.27. The Morgan fingerprint density at radius 1 is 0.688 bits per heavy atom. The molecule has 0 unspecified atom stereocenters. The first-order valence-corrected chi connectivity index (χ1v) is 16.4. The number of likely N-dealkylation sites (tertiary alicyclic amines) is 1. The van der Waals surface area contributed by atoms with Crippen molar-refractivity contribution >= 4 is 21.6 Å². The minimum Gasteiger partial charge on any atom is -0.307 e. The number of hydrogen-bond donors (Lipinski definition) is 0. The van der Waals surface area contributed by atoms with E-state index < -0.39 is 67.7 Å². The molecule has 3 aromatic carbocycles. The highest BCUT2D eigenvalue weighted by atomic mass is 32.2. The smallest absolute Gasteiger partial charge is 0.307 e. The molecule has 48 heavy (non-hydrogen) atoms. The third-order valence-electron chi connectivity index (χ3n) is 8.35. The Bertz CT molecular complexity index is 1680. The third kappa shape index (κ3) is 8.14. The number of sulfonamides is 1. The second-order valence-corrected chi connectivity index (χ2v) is 13.6. The first kappa shape index (κ1) is 35.7.